The second-order valence-electron chi connectivity index (χ2n) is 3.06. The lowest BCUT2D eigenvalue weighted by Gasteiger charge is -1.94. The maximum absolute atomic E-state index is 5.63. The van der Waals surface area contributed by atoms with E-state index in [9.17, 15) is 0 Å². The zero-order chi connectivity index (χ0) is 8.39. The minimum absolute atomic E-state index is 0.298. The first kappa shape index (κ1) is 8.09. The van der Waals surface area contributed by atoms with Crippen LogP contribution < -0.4 is 0 Å². The number of rotatable bonds is 3. The van der Waals surface area contributed by atoms with Gasteiger partial charge in [0.15, 0.2) is 0 Å². The van der Waals surface area contributed by atoms with Crippen molar-refractivity contribution in [3.05, 3.63) is 35.9 Å². The third kappa shape index (κ3) is 1.79. The van der Waals surface area contributed by atoms with Gasteiger partial charge in [0.05, 0.1) is 18.1 Å². The van der Waals surface area contributed by atoms with Crippen molar-refractivity contribution in [3.8, 4) is 0 Å². The molecule has 1 heterocycles. The molecule has 12 heavy (non-hydrogen) atoms. The average molecular weight is 183 g/mol. The fraction of sp³-hybridized carbons (Fsp3) is 0.400. The summed E-state index contributed by atoms with van der Waals surface area (Å²) in [6.07, 6.45) is 1.66. The zero-order valence-electron chi connectivity index (χ0n) is 6.74. The Kier molecular flexibility index (Phi) is 2.33. The molecule has 0 N–H and O–H groups in total. The molecule has 0 amide bonds. The van der Waals surface area contributed by atoms with Crippen LogP contribution in [0.3, 0.4) is 0 Å². The van der Waals surface area contributed by atoms with Gasteiger partial charge in [-0.3, -0.25) is 0 Å². The number of ether oxygens (including phenoxy) is 1. The van der Waals surface area contributed by atoms with E-state index in [2.05, 4.69) is 12.1 Å². The van der Waals surface area contributed by atoms with Gasteiger partial charge in [-0.05, 0) is 5.56 Å². The van der Waals surface area contributed by atoms with E-state index < -0.39 is 0 Å². The Morgan fingerprint density at radius 1 is 1.17 bits per heavy atom. The molecule has 1 nitrogen and oxygen atoms in total. The maximum atomic E-state index is 5.63. The van der Waals surface area contributed by atoms with Crippen LogP contribution in [0.2, 0.25) is 0 Å². The van der Waals surface area contributed by atoms with Crippen molar-refractivity contribution >= 4 is 11.6 Å². The highest BCUT2D eigenvalue weighted by Crippen LogP contribution is 2.26. The molecule has 1 fully saturated rings. The molecule has 0 unspecified atom stereocenters. The maximum Gasteiger partial charge on any atom is 0.0980 e. The molecule has 0 radical (unpaired) electrons. The van der Waals surface area contributed by atoms with Crippen molar-refractivity contribution in [2.75, 3.05) is 5.88 Å². The van der Waals surface area contributed by atoms with Crippen LogP contribution >= 0.6 is 11.6 Å². The number of epoxide rings is 1. The van der Waals surface area contributed by atoms with E-state index in [-0.39, 0.29) is 0 Å². The summed E-state index contributed by atoms with van der Waals surface area (Å²) in [5.41, 5.74) is 1.33. The predicted octanol–water partition coefficient (Wildman–Crippen LogP) is 2.24. The van der Waals surface area contributed by atoms with Crippen LogP contribution in [0.4, 0.5) is 0 Å². The van der Waals surface area contributed by atoms with Crippen molar-refractivity contribution in [1.82, 2.24) is 0 Å². The summed E-state index contributed by atoms with van der Waals surface area (Å²) in [5.74, 6) is 0.623. The highest BCUT2D eigenvalue weighted by Gasteiger charge is 2.37. The largest absolute Gasteiger partial charge is 0.368 e. The van der Waals surface area contributed by atoms with Gasteiger partial charge in [0, 0.05) is 6.42 Å². The van der Waals surface area contributed by atoms with Gasteiger partial charge in [-0.2, -0.15) is 0 Å². The molecule has 1 aromatic carbocycles. The molecule has 2 heteroatoms. The Balaban J connectivity index is 1.89. The molecular formula is C10H11ClO. The van der Waals surface area contributed by atoms with Crippen LogP contribution in [0.1, 0.15) is 5.56 Å². The van der Waals surface area contributed by atoms with Crippen LogP contribution in [0, 0.1) is 0 Å². The van der Waals surface area contributed by atoms with Crippen molar-refractivity contribution in [2.45, 2.75) is 18.6 Å². The van der Waals surface area contributed by atoms with Crippen molar-refractivity contribution < 1.29 is 4.74 Å². The number of halogens is 1. The van der Waals surface area contributed by atoms with Gasteiger partial charge in [0.2, 0.25) is 0 Å². The van der Waals surface area contributed by atoms with Crippen LogP contribution in [-0.2, 0) is 11.2 Å². The number of benzene rings is 1. The fourth-order valence-corrected chi connectivity index (χ4v) is 1.61. The molecule has 0 saturated carbocycles. The topological polar surface area (TPSA) is 12.5 Å². The number of alkyl halides is 1. The molecule has 0 aromatic heterocycles. The lowest BCUT2D eigenvalue weighted by Crippen LogP contribution is -1.98. The summed E-state index contributed by atoms with van der Waals surface area (Å²) in [4.78, 5) is 0. The van der Waals surface area contributed by atoms with E-state index >= 15 is 0 Å². The molecule has 1 aliphatic heterocycles. The first-order valence-electron chi connectivity index (χ1n) is 4.15. The Morgan fingerprint density at radius 3 is 2.50 bits per heavy atom. The lowest BCUT2D eigenvalue weighted by molar-refractivity contribution is 0.379. The minimum Gasteiger partial charge on any atom is -0.368 e. The van der Waals surface area contributed by atoms with Crippen LogP contribution in [0.15, 0.2) is 30.3 Å². The first-order valence-corrected chi connectivity index (χ1v) is 4.69. The van der Waals surface area contributed by atoms with Crippen LogP contribution in [0.25, 0.3) is 0 Å². The normalized spacial score (nSPS) is 27.1. The van der Waals surface area contributed by atoms with E-state index in [1.165, 1.54) is 5.56 Å². The van der Waals surface area contributed by atoms with Crippen molar-refractivity contribution in [1.29, 1.82) is 0 Å². The highest BCUT2D eigenvalue weighted by molar-refractivity contribution is 6.18. The van der Waals surface area contributed by atoms with Crippen molar-refractivity contribution in [2.24, 2.45) is 0 Å². The van der Waals surface area contributed by atoms with Gasteiger partial charge >= 0.3 is 0 Å². The monoisotopic (exact) mass is 182 g/mol. The highest BCUT2D eigenvalue weighted by atomic mass is 35.5. The van der Waals surface area contributed by atoms with E-state index in [0.29, 0.717) is 18.1 Å². The van der Waals surface area contributed by atoms with Crippen LogP contribution in [-0.4, -0.2) is 18.1 Å². The summed E-state index contributed by atoms with van der Waals surface area (Å²) in [7, 11) is 0. The molecule has 64 valence electrons. The fourth-order valence-electron chi connectivity index (χ4n) is 1.34. The SMILES string of the molecule is ClC[C@@H]1O[C@H]1Cc1ccccc1. The van der Waals surface area contributed by atoms with Gasteiger partial charge in [-0.25, -0.2) is 0 Å². The molecule has 1 aromatic rings. The third-order valence-electron chi connectivity index (χ3n) is 2.12. The molecule has 1 saturated heterocycles. The summed E-state index contributed by atoms with van der Waals surface area (Å²) in [6, 6.07) is 10.4. The van der Waals surface area contributed by atoms with Gasteiger partial charge in [-0.1, -0.05) is 30.3 Å². The van der Waals surface area contributed by atoms with Gasteiger partial charge in [0.25, 0.3) is 0 Å². The third-order valence-corrected chi connectivity index (χ3v) is 2.42. The molecule has 2 rings (SSSR count). The minimum atomic E-state index is 0.298. The first-order chi connectivity index (χ1) is 5.90. The Labute approximate surface area is 77.3 Å². The van der Waals surface area contributed by atoms with Gasteiger partial charge in [0.1, 0.15) is 0 Å². The van der Waals surface area contributed by atoms with Gasteiger partial charge in [-0.15, -0.1) is 11.6 Å². The van der Waals surface area contributed by atoms with Crippen LogP contribution in [0.5, 0.6) is 0 Å². The molecule has 0 aliphatic carbocycles. The van der Waals surface area contributed by atoms with Gasteiger partial charge < -0.3 is 4.74 Å². The second-order valence-corrected chi connectivity index (χ2v) is 3.37. The molecule has 0 bridgehead atoms. The summed E-state index contributed by atoms with van der Waals surface area (Å²) in [6.45, 7) is 0. The smallest absolute Gasteiger partial charge is 0.0980 e. The van der Waals surface area contributed by atoms with E-state index in [4.69, 9.17) is 16.3 Å². The number of hydrogen-bond acceptors (Lipinski definition) is 1. The standard InChI is InChI=1S/C10H11ClO/c11-7-10-9(12-10)6-8-4-2-1-3-5-8/h1-5,9-10H,6-7H2/t9-,10-/m0/s1. The Bertz CT molecular complexity index is 247. The molecule has 2 atom stereocenters. The van der Waals surface area contributed by atoms with E-state index in [1.54, 1.807) is 0 Å². The number of hydrogen-bond donors (Lipinski definition) is 0. The summed E-state index contributed by atoms with van der Waals surface area (Å²) < 4.78 is 5.34. The molecule has 0 spiro atoms. The predicted molar refractivity (Wildman–Crippen MR) is 49.5 cm³/mol. The van der Waals surface area contributed by atoms with E-state index in [1.807, 2.05) is 18.2 Å². The molecule has 1 aliphatic rings. The zero-order valence-corrected chi connectivity index (χ0v) is 7.50. The van der Waals surface area contributed by atoms with Crippen molar-refractivity contribution in [3.63, 3.8) is 0 Å². The molecular weight excluding hydrogens is 172 g/mol. The quantitative estimate of drug-likeness (QED) is 0.516. The summed E-state index contributed by atoms with van der Waals surface area (Å²) >= 11 is 5.63. The second kappa shape index (κ2) is 3.46. The Morgan fingerprint density at radius 2 is 1.92 bits per heavy atom. The van der Waals surface area contributed by atoms with E-state index in [0.717, 1.165) is 6.42 Å². The summed E-state index contributed by atoms with van der Waals surface area (Å²) in [5, 5.41) is 0. The Hall–Kier alpha value is -0.530. The lowest BCUT2D eigenvalue weighted by atomic mass is 10.1. The average Bonchev–Trinajstić information content (AvgIpc) is 2.85.